The molecule has 0 saturated carbocycles. The molecule has 3 nitrogen and oxygen atoms in total. The van der Waals surface area contributed by atoms with Crippen LogP contribution in [-0.4, -0.2) is 73.8 Å². The van der Waals surface area contributed by atoms with Crippen LogP contribution in [0.15, 0.2) is 0 Å². The normalized spacial score (nSPS) is 30.9. The van der Waals surface area contributed by atoms with Gasteiger partial charge >= 0.3 is 0 Å². The molecule has 1 atom stereocenters. The molecule has 0 spiro atoms. The van der Waals surface area contributed by atoms with E-state index in [-0.39, 0.29) is 0 Å². The minimum atomic E-state index is 0.426. The molecule has 2 aliphatic rings. The van der Waals surface area contributed by atoms with Gasteiger partial charge in [0.15, 0.2) is 0 Å². The number of rotatable bonds is 2. The van der Waals surface area contributed by atoms with E-state index in [0.29, 0.717) is 6.10 Å². The third-order valence-electron chi connectivity index (χ3n) is 3.33. The minimum absolute atomic E-state index is 0.426. The molecular weight excluding hydrogens is 220 g/mol. The van der Waals surface area contributed by atoms with Gasteiger partial charge in [-0.3, -0.25) is 4.90 Å². The summed E-state index contributed by atoms with van der Waals surface area (Å²) in [6.45, 7) is 6.86. The van der Waals surface area contributed by atoms with Gasteiger partial charge in [-0.25, -0.2) is 0 Å². The van der Waals surface area contributed by atoms with Gasteiger partial charge in [0, 0.05) is 38.5 Å². The highest BCUT2D eigenvalue weighted by Gasteiger charge is 2.19. The fourth-order valence-corrected chi connectivity index (χ4v) is 3.38. The molecule has 0 aromatic rings. The lowest BCUT2D eigenvalue weighted by Gasteiger charge is -2.26. The Bertz CT molecular complexity index is 195. The van der Waals surface area contributed by atoms with Gasteiger partial charge in [0.1, 0.15) is 0 Å². The van der Waals surface area contributed by atoms with Gasteiger partial charge in [-0.15, -0.1) is 0 Å². The molecule has 0 amide bonds. The monoisotopic (exact) mass is 244 g/mol. The Morgan fingerprint density at radius 3 is 3.06 bits per heavy atom. The molecule has 2 aliphatic heterocycles. The molecule has 0 aromatic carbocycles. The highest BCUT2D eigenvalue weighted by molar-refractivity contribution is 7.99. The standard InChI is InChI=1S/C12H24N2OS/c1-13-4-2-7-15-12(10-13)11-14-5-3-8-16-9-6-14/h12H,2-11H2,1H3. The van der Waals surface area contributed by atoms with Crippen molar-refractivity contribution < 1.29 is 4.74 Å². The molecule has 0 aliphatic carbocycles. The van der Waals surface area contributed by atoms with Crippen LogP contribution in [0, 0.1) is 0 Å². The molecule has 2 saturated heterocycles. The largest absolute Gasteiger partial charge is 0.376 e. The second-order valence-electron chi connectivity index (χ2n) is 4.88. The van der Waals surface area contributed by atoms with Gasteiger partial charge in [0.25, 0.3) is 0 Å². The van der Waals surface area contributed by atoms with Crippen LogP contribution in [0.5, 0.6) is 0 Å². The average Bonchev–Trinajstić information content (AvgIpc) is 2.61. The van der Waals surface area contributed by atoms with Crippen LogP contribution in [0.25, 0.3) is 0 Å². The van der Waals surface area contributed by atoms with Gasteiger partial charge < -0.3 is 9.64 Å². The molecule has 2 fully saturated rings. The fourth-order valence-electron chi connectivity index (χ4n) is 2.45. The molecule has 0 aromatic heterocycles. The van der Waals surface area contributed by atoms with E-state index in [0.717, 1.165) is 19.7 Å². The van der Waals surface area contributed by atoms with Crippen molar-refractivity contribution in [2.45, 2.75) is 18.9 Å². The van der Waals surface area contributed by atoms with E-state index >= 15 is 0 Å². The second-order valence-corrected chi connectivity index (χ2v) is 6.10. The van der Waals surface area contributed by atoms with Crippen molar-refractivity contribution in [1.29, 1.82) is 0 Å². The Hall–Kier alpha value is 0.230. The van der Waals surface area contributed by atoms with Gasteiger partial charge in [-0.1, -0.05) is 0 Å². The van der Waals surface area contributed by atoms with E-state index in [9.17, 15) is 0 Å². The Morgan fingerprint density at radius 2 is 2.12 bits per heavy atom. The van der Waals surface area contributed by atoms with E-state index in [2.05, 4.69) is 28.6 Å². The van der Waals surface area contributed by atoms with Crippen LogP contribution in [0.3, 0.4) is 0 Å². The Balaban J connectivity index is 1.77. The zero-order valence-corrected chi connectivity index (χ0v) is 11.2. The number of thioether (sulfide) groups is 1. The molecule has 2 heterocycles. The zero-order valence-electron chi connectivity index (χ0n) is 10.4. The Morgan fingerprint density at radius 1 is 1.19 bits per heavy atom. The van der Waals surface area contributed by atoms with E-state index in [4.69, 9.17) is 4.74 Å². The van der Waals surface area contributed by atoms with Gasteiger partial charge in [-0.05, 0) is 32.2 Å². The van der Waals surface area contributed by atoms with Crippen molar-refractivity contribution in [3.05, 3.63) is 0 Å². The maximum Gasteiger partial charge on any atom is 0.0828 e. The van der Waals surface area contributed by atoms with Crippen LogP contribution < -0.4 is 0 Å². The summed E-state index contributed by atoms with van der Waals surface area (Å²) in [5.74, 6) is 2.63. The van der Waals surface area contributed by atoms with Gasteiger partial charge in [0.05, 0.1) is 6.10 Å². The van der Waals surface area contributed by atoms with Crippen LogP contribution in [0.2, 0.25) is 0 Å². The first kappa shape index (κ1) is 12.7. The number of ether oxygens (including phenoxy) is 1. The number of hydrogen-bond donors (Lipinski definition) is 0. The summed E-state index contributed by atoms with van der Waals surface area (Å²) < 4.78 is 5.93. The SMILES string of the molecule is CN1CCCOC(CN2CCCSCC2)C1. The molecule has 16 heavy (non-hydrogen) atoms. The highest BCUT2D eigenvalue weighted by Crippen LogP contribution is 2.12. The lowest BCUT2D eigenvalue weighted by molar-refractivity contribution is 0.0307. The third kappa shape index (κ3) is 4.24. The first-order valence-electron chi connectivity index (χ1n) is 6.45. The van der Waals surface area contributed by atoms with Crippen molar-refractivity contribution in [1.82, 2.24) is 9.80 Å². The number of hydrogen-bond acceptors (Lipinski definition) is 4. The molecular formula is C12H24N2OS. The van der Waals surface area contributed by atoms with E-state index < -0.39 is 0 Å². The highest BCUT2D eigenvalue weighted by atomic mass is 32.2. The summed E-state index contributed by atoms with van der Waals surface area (Å²) in [7, 11) is 2.21. The average molecular weight is 244 g/mol. The predicted molar refractivity (Wildman–Crippen MR) is 70.2 cm³/mol. The van der Waals surface area contributed by atoms with Crippen molar-refractivity contribution in [3.8, 4) is 0 Å². The quantitative estimate of drug-likeness (QED) is 0.724. The van der Waals surface area contributed by atoms with Gasteiger partial charge in [0.2, 0.25) is 0 Å². The Labute approximate surface area is 103 Å². The Kier molecular flexibility index (Phi) is 5.42. The summed E-state index contributed by atoms with van der Waals surface area (Å²) in [5, 5.41) is 0. The van der Waals surface area contributed by atoms with Crippen LogP contribution >= 0.6 is 11.8 Å². The molecule has 94 valence electrons. The first-order chi connectivity index (χ1) is 7.84. The zero-order chi connectivity index (χ0) is 11.2. The number of nitrogens with zero attached hydrogens (tertiary/aromatic N) is 2. The van der Waals surface area contributed by atoms with Crippen LogP contribution in [-0.2, 0) is 4.74 Å². The smallest absolute Gasteiger partial charge is 0.0828 e. The maximum absolute atomic E-state index is 5.93. The second kappa shape index (κ2) is 6.84. The topological polar surface area (TPSA) is 15.7 Å². The summed E-state index contributed by atoms with van der Waals surface area (Å²) >= 11 is 2.09. The fraction of sp³-hybridized carbons (Fsp3) is 1.00. The van der Waals surface area contributed by atoms with Crippen molar-refractivity contribution >= 4 is 11.8 Å². The maximum atomic E-state index is 5.93. The third-order valence-corrected chi connectivity index (χ3v) is 4.38. The summed E-state index contributed by atoms with van der Waals surface area (Å²) in [6.07, 6.45) is 2.95. The molecule has 0 bridgehead atoms. The van der Waals surface area contributed by atoms with E-state index in [1.165, 1.54) is 44.0 Å². The minimum Gasteiger partial charge on any atom is -0.376 e. The molecule has 0 radical (unpaired) electrons. The van der Waals surface area contributed by atoms with Crippen LogP contribution in [0.4, 0.5) is 0 Å². The van der Waals surface area contributed by atoms with E-state index in [1.54, 1.807) is 0 Å². The first-order valence-corrected chi connectivity index (χ1v) is 7.60. The summed E-state index contributed by atoms with van der Waals surface area (Å²) in [4.78, 5) is 4.99. The molecule has 0 N–H and O–H groups in total. The van der Waals surface area contributed by atoms with Crippen LogP contribution in [0.1, 0.15) is 12.8 Å². The molecule has 1 unspecified atom stereocenters. The molecule has 4 heteroatoms. The lowest BCUT2D eigenvalue weighted by atomic mass is 10.3. The van der Waals surface area contributed by atoms with E-state index in [1.807, 2.05) is 0 Å². The predicted octanol–water partition coefficient (Wildman–Crippen LogP) is 1.15. The van der Waals surface area contributed by atoms with Crippen molar-refractivity contribution in [3.63, 3.8) is 0 Å². The summed E-state index contributed by atoms with van der Waals surface area (Å²) in [5.41, 5.74) is 0. The van der Waals surface area contributed by atoms with Gasteiger partial charge in [-0.2, -0.15) is 11.8 Å². The lowest BCUT2D eigenvalue weighted by Crippen LogP contribution is -2.40. The summed E-state index contributed by atoms with van der Waals surface area (Å²) in [6, 6.07) is 0. The number of likely N-dealkylation sites (N-methyl/N-ethyl adjacent to an activating group) is 1. The van der Waals surface area contributed by atoms with Crippen molar-refractivity contribution in [2.75, 3.05) is 57.9 Å². The van der Waals surface area contributed by atoms with Crippen molar-refractivity contribution in [2.24, 2.45) is 0 Å². The molecule has 2 rings (SSSR count).